The molecule has 0 spiro atoms. The molecule has 0 aliphatic carbocycles. The molecule has 1 amide bonds. The summed E-state index contributed by atoms with van der Waals surface area (Å²) in [4.78, 5) is 32.2. The lowest BCUT2D eigenvalue weighted by molar-refractivity contribution is 0.0931. The van der Waals surface area contributed by atoms with Crippen molar-refractivity contribution >= 4 is 5.91 Å². The number of hydrogen-bond donors (Lipinski definition) is 2. The smallest absolute Gasteiger partial charge is 0.261 e. The number of nitrogens with zero attached hydrogens (tertiary/aromatic N) is 2. The zero-order chi connectivity index (χ0) is 19.4. The first-order valence-electron chi connectivity index (χ1n) is 8.99. The summed E-state index contributed by atoms with van der Waals surface area (Å²) in [5, 5.41) is 3.05. The summed E-state index contributed by atoms with van der Waals surface area (Å²) in [6.45, 7) is 6.27. The van der Waals surface area contributed by atoms with Crippen LogP contribution in [0.3, 0.4) is 0 Å². The van der Waals surface area contributed by atoms with E-state index < -0.39 is 0 Å². The SMILES string of the molecule is Cc1[nH]c(=O)c(C(=O)N[C@@H](CCn2ccnc2)c2ccccc2)c(C)c1C. The van der Waals surface area contributed by atoms with Gasteiger partial charge in [0.15, 0.2) is 0 Å². The van der Waals surface area contributed by atoms with Gasteiger partial charge in [0.2, 0.25) is 0 Å². The Morgan fingerprint density at radius 3 is 2.59 bits per heavy atom. The number of aryl methyl sites for hydroxylation is 2. The van der Waals surface area contributed by atoms with Crippen LogP contribution in [0.2, 0.25) is 0 Å². The van der Waals surface area contributed by atoms with Crippen molar-refractivity contribution in [1.29, 1.82) is 0 Å². The van der Waals surface area contributed by atoms with E-state index in [1.54, 1.807) is 12.5 Å². The van der Waals surface area contributed by atoms with Crippen LogP contribution in [0.1, 0.15) is 45.2 Å². The van der Waals surface area contributed by atoms with Crippen molar-refractivity contribution in [3.63, 3.8) is 0 Å². The number of imidazole rings is 1. The molecule has 0 saturated heterocycles. The maximum Gasteiger partial charge on any atom is 0.261 e. The number of amides is 1. The fraction of sp³-hybridized carbons (Fsp3) is 0.286. The fourth-order valence-corrected chi connectivity index (χ4v) is 3.17. The van der Waals surface area contributed by atoms with E-state index in [1.807, 2.05) is 61.9 Å². The average molecular weight is 364 g/mol. The largest absolute Gasteiger partial charge is 0.345 e. The van der Waals surface area contributed by atoms with Gasteiger partial charge in [0.25, 0.3) is 11.5 Å². The van der Waals surface area contributed by atoms with Crippen molar-refractivity contribution in [3.05, 3.63) is 87.4 Å². The van der Waals surface area contributed by atoms with E-state index in [0.29, 0.717) is 13.0 Å². The molecule has 0 bridgehead atoms. The highest BCUT2D eigenvalue weighted by Crippen LogP contribution is 2.19. The Labute approximate surface area is 158 Å². The number of carbonyl (C=O) groups excluding carboxylic acids is 1. The van der Waals surface area contributed by atoms with E-state index in [-0.39, 0.29) is 23.1 Å². The molecule has 2 aromatic heterocycles. The molecular formula is C21H24N4O2. The first-order valence-corrected chi connectivity index (χ1v) is 8.99. The summed E-state index contributed by atoms with van der Waals surface area (Å²) < 4.78 is 1.97. The van der Waals surface area contributed by atoms with Crippen LogP contribution in [0, 0.1) is 20.8 Å². The normalized spacial score (nSPS) is 12.0. The van der Waals surface area contributed by atoms with Crippen molar-refractivity contribution in [2.75, 3.05) is 0 Å². The van der Waals surface area contributed by atoms with Gasteiger partial charge in [-0.3, -0.25) is 9.59 Å². The molecule has 0 aliphatic rings. The number of nitrogens with one attached hydrogen (secondary N) is 2. The minimum Gasteiger partial charge on any atom is -0.345 e. The second-order valence-electron chi connectivity index (χ2n) is 6.73. The molecule has 3 aromatic rings. The van der Waals surface area contributed by atoms with Gasteiger partial charge in [-0.25, -0.2) is 4.98 Å². The van der Waals surface area contributed by atoms with Crippen LogP contribution in [0.25, 0.3) is 0 Å². The molecule has 1 atom stereocenters. The molecule has 6 heteroatoms. The number of hydrogen-bond acceptors (Lipinski definition) is 3. The van der Waals surface area contributed by atoms with Crippen molar-refractivity contribution in [2.24, 2.45) is 0 Å². The maximum atomic E-state index is 12.9. The summed E-state index contributed by atoms with van der Waals surface area (Å²) in [6, 6.07) is 9.59. The highest BCUT2D eigenvalue weighted by atomic mass is 16.2. The maximum absolute atomic E-state index is 12.9. The number of aromatic amines is 1. The zero-order valence-corrected chi connectivity index (χ0v) is 15.8. The lowest BCUT2D eigenvalue weighted by Gasteiger charge is -2.20. The molecule has 2 heterocycles. The van der Waals surface area contributed by atoms with Crippen LogP contribution in [-0.2, 0) is 6.54 Å². The minimum atomic E-state index is -0.352. The van der Waals surface area contributed by atoms with Gasteiger partial charge < -0.3 is 14.9 Å². The van der Waals surface area contributed by atoms with Gasteiger partial charge in [0.1, 0.15) is 5.56 Å². The Bertz CT molecular complexity index is 975. The predicted octanol–water partition coefficient (Wildman–Crippen LogP) is 3.06. The minimum absolute atomic E-state index is 0.182. The topological polar surface area (TPSA) is 79.8 Å². The van der Waals surface area contributed by atoms with Crippen LogP contribution in [0.4, 0.5) is 0 Å². The van der Waals surface area contributed by atoms with Crippen molar-refractivity contribution in [3.8, 4) is 0 Å². The number of aromatic nitrogens is 3. The first kappa shape index (κ1) is 18.6. The third kappa shape index (κ3) is 4.16. The number of rotatable bonds is 6. The second kappa shape index (κ2) is 8.03. The second-order valence-corrected chi connectivity index (χ2v) is 6.73. The Kier molecular flexibility index (Phi) is 5.54. The Balaban J connectivity index is 1.87. The van der Waals surface area contributed by atoms with E-state index in [0.717, 1.165) is 22.4 Å². The van der Waals surface area contributed by atoms with E-state index in [2.05, 4.69) is 15.3 Å². The van der Waals surface area contributed by atoms with Gasteiger partial charge in [0.05, 0.1) is 12.4 Å². The quantitative estimate of drug-likeness (QED) is 0.705. The number of benzene rings is 1. The first-order chi connectivity index (χ1) is 13.0. The van der Waals surface area contributed by atoms with Crippen LogP contribution in [0.15, 0.2) is 53.8 Å². The molecule has 0 unspecified atom stereocenters. The van der Waals surface area contributed by atoms with Crippen molar-refractivity contribution in [2.45, 2.75) is 39.8 Å². The lowest BCUT2D eigenvalue weighted by Crippen LogP contribution is -2.34. The third-order valence-electron chi connectivity index (χ3n) is 5.00. The average Bonchev–Trinajstić information content (AvgIpc) is 3.17. The number of pyridine rings is 1. The van der Waals surface area contributed by atoms with Crippen LogP contribution >= 0.6 is 0 Å². The Morgan fingerprint density at radius 2 is 1.93 bits per heavy atom. The van der Waals surface area contributed by atoms with Crippen molar-refractivity contribution < 1.29 is 4.79 Å². The highest BCUT2D eigenvalue weighted by molar-refractivity contribution is 5.95. The summed E-state index contributed by atoms with van der Waals surface area (Å²) in [5.41, 5.74) is 3.26. The van der Waals surface area contributed by atoms with Gasteiger partial charge in [-0.15, -0.1) is 0 Å². The highest BCUT2D eigenvalue weighted by Gasteiger charge is 2.21. The lowest BCUT2D eigenvalue weighted by atomic mass is 10.0. The summed E-state index contributed by atoms with van der Waals surface area (Å²) >= 11 is 0. The molecule has 27 heavy (non-hydrogen) atoms. The molecule has 0 aliphatic heterocycles. The molecule has 6 nitrogen and oxygen atoms in total. The number of H-pyrrole nitrogens is 1. The van der Waals surface area contributed by atoms with Crippen LogP contribution in [-0.4, -0.2) is 20.4 Å². The molecule has 3 rings (SSSR count). The molecule has 2 N–H and O–H groups in total. The summed E-state index contributed by atoms with van der Waals surface area (Å²) in [6.07, 6.45) is 6.06. The number of carbonyl (C=O) groups is 1. The monoisotopic (exact) mass is 364 g/mol. The van der Waals surface area contributed by atoms with Gasteiger partial charge in [0, 0.05) is 24.6 Å². The van der Waals surface area contributed by atoms with Crippen LogP contribution in [0.5, 0.6) is 0 Å². The van der Waals surface area contributed by atoms with E-state index in [4.69, 9.17) is 0 Å². The zero-order valence-electron chi connectivity index (χ0n) is 15.8. The molecule has 0 radical (unpaired) electrons. The van der Waals surface area contributed by atoms with Gasteiger partial charge in [-0.1, -0.05) is 30.3 Å². The van der Waals surface area contributed by atoms with E-state index in [1.165, 1.54) is 0 Å². The van der Waals surface area contributed by atoms with E-state index in [9.17, 15) is 9.59 Å². The van der Waals surface area contributed by atoms with Gasteiger partial charge in [-0.2, -0.15) is 0 Å². The third-order valence-corrected chi connectivity index (χ3v) is 5.00. The predicted molar refractivity (Wildman–Crippen MR) is 105 cm³/mol. The fourth-order valence-electron chi connectivity index (χ4n) is 3.17. The molecule has 0 saturated carbocycles. The van der Waals surface area contributed by atoms with Crippen molar-refractivity contribution in [1.82, 2.24) is 19.9 Å². The molecule has 0 fully saturated rings. The summed E-state index contributed by atoms with van der Waals surface area (Å²) in [7, 11) is 0. The molecule has 1 aromatic carbocycles. The van der Waals surface area contributed by atoms with E-state index >= 15 is 0 Å². The van der Waals surface area contributed by atoms with Crippen LogP contribution < -0.4 is 10.9 Å². The molecule has 140 valence electrons. The Hall–Kier alpha value is -3.15. The summed E-state index contributed by atoms with van der Waals surface area (Å²) in [5.74, 6) is -0.351. The van der Waals surface area contributed by atoms with Gasteiger partial charge >= 0.3 is 0 Å². The van der Waals surface area contributed by atoms with Gasteiger partial charge in [-0.05, 0) is 43.9 Å². The standard InChI is InChI=1S/C21H24N4O2/c1-14-15(2)19(20(26)23-16(14)3)21(27)24-18(17-7-5-4-6-8-17)9-11-25-12-10-22-13-25/h4-8,10,12-13,18H,9,11H2,1-3H3,(H,23,26)(H,24,27)/t18-/m0/s1. The molecular weight excluding hydrogens is 340 g/mol. The Morgan fingerprint density at radius 1 is 1.19 bits per heavy atom.